The number of carbonyl (C=O) groups excluding carboxylic acids is 3. The van der Waals surface area contributed by atoms with E-state index in [1.165, 1.54) is 30.0 Å². The molecule has 3 heterocycles. The Kier molecular flexibility index (Phi) is 10.9. The molecule has 12 nitrogen and oxygen atoms in total. The number of amides is 2. The number of fused-ring (bicyclic) bond motifs is 7. The van der Waals surface area contributed by atoms with Crippen molar-refractivity contribution in [2.75, 3.05) is 6.54 Å². The molecule has 0 unspecified atom stereocenters. The molecule has 6 aliphatic rings. The fourth-order valence-electron chi connectivity index (χ4n) is 10.5. The Balaban J connectivity index is 1.16. The Morgan fingerprint density at radius 3 is 2.44 bits per heavy atom. The Morgan fingerprint density at radius 2 is 1.79 bits per heavy atom. The van der Waals surface area contributed by atoms with Crippen LogP contribution in [0, 0.1) is 57.7 Å². The summed E-state index contributed by atoms with van der Waals surface area (Å²) in [5, 5.41) is 9.58. The van der Waals surface area contributed by atoms with Crippen LogP contribution in [0.4, 0.5) is 17.6 Å². The van der Waals surface area contributed by atoms with Crippen LogP contribution in [0.5, 0.6) is 5.88 Å². The molecule has 1 aromatic carbocycles. The lowest BCUT2D eigenvalue weighted by molar-refractivity contribution is -0.158. The molecule has 4 saturated carbocycles. The summed E-state index contributed by atoms with van der Waals surface area (Å²) in [6.07, 6.45) is -1.97. The van der Waals surface area contributed by atoms with E-state index in [9.17, 15) is 36.8 Å². The summed E-state index contributed by atoms with van der Waals surface area (Å²) in [5.41, 5.74) is -2.66. The first-order valence-electron chi connectivity index (χ1n) is 21.7. The third kappa shape index (κ3) is 8.19. The second kappa shape index (κ2) is 15.3. The number of benzene rings is 1. The van der Waals surface area contributed by atoms with Crippen LogP contribution in [-0.4, -0.2) is 77.0 Å². The molecule has 10 atom stereocenters. The second-order valence-corrected chi connectivity index (χ2v) is 22.3. The highest BCUT2D eigenvalue weighted by atomic mass is 32.2. The van der Waals surface area contributed by atoms with Gasteiger partial charge in [-0.1, -0.05) is 34.1 Å². The Morgan fingerprint density at radius 1 is 1.05 bits per heavy atom. The van der Waals surface area contributed by atoms with Crippen LogP contribution in [-0.2, 0) is 35.1 Å². The van der Waals surface area contributed by atoms with E-state index in [2.05, 4.69) is 14.7 Å². The van der Waals surface area contributed by atoms with Gasteiger partial charge in [-0.15, -0.1) is 0 Å². The Hall–Kier alpha value is -4.07. The monoisotopic (exact) mass is 873 g/mol. The number of ether oxygens (including phenoxy) is 2. The predicted molar refractivity (Wildman–Crippen MR) is 213 cm³/mol. The number of nitrogens with one attached hydrogen (secondary N) is 1. The fourth-order valence-corrected chi connectivity index (χ4v) is 11.8. The molecule has 5 fully saturated rings. The van der Waals surface area contributed by atoms with E-state index in [0.717, 1.165) is 6.42 Å². The third-order valence-electron chi connectivity index (χ3n) is 15.0. The average Bonchev–Trinajstić information content (AvgIpc) is 4.14. The van der Waals surface area contributed by atoms with Gasteiger partial charge < -0.3 is 14.4 Å². The predicted octanol–water partition coefficient (Wildman–Crippen LogP) is 7.43. The number of rotatable bonds is 7. The van der Waals surface area contributed by atoms with Gasteiger partial charge in [-0.05, 0) is 106 Å². The van der Waals surface area contributed by atoms with E-state index in [1.807, 2.05) is 26.8 Å². The summed E-state index contributed by atoms with van der Waals surface area (Å²) >= 11 is 0. The molecule has 0 spiro atoms. The van der Waals surface area contributed by atoms with Crippen LogP contribution in [0.25, 0.3) is 11.0 Å². The maximum atomic E-state index is 16.5. The maximum Gasteiger partial charge on any atom is 0.306 e. The summed E-state index contributed by atoms with van der Waals surface area (Å²) in [6, 6.07) is 5.54. The van der Waals surface area contributed by atoms with E-state index >= 15 is 8.78 Å². The van der Waals surface area contributed by atoms with Gasteiger partial charge >= 0.3 is 5.97 Å². The molecule has 2 aromatic rings. The molecule has 1 N–H and O–H groups in total. The zero-order valence-electron chi connectivity index (χ0n) is 35.3. The van der Waals surface area contributed by atoms with Crippen molar-refractivity contribution in [3.63, 3.8) is 0 Å². The fraction of sp³-hybridized carbons (Fsp3) is 0.727. The van der Waals surface area contributed by atoms with Gasteiger partial charge in [0.15, 0.2) is 5.69 Å². The first kappa shape index (κ1) is 43.6. The van der Waals surface area contributed by atoms with Crippen LogP contribution < -0.4 is 9.46 Å². The van der Waals surface area contributed by atoms with Gasteiger partial charge in [0.05, 0.1) is 51.7 Å². The SMILES string of the molecule is C[C@@H]1[C@@H]2CN(C(=O)[C@H](C(C)(C)C)CC(=O)O[C@@H]3C[C@@H]4C[C@@H]4[C@H]3CCCCC(F)(F)c3nc4ccc(C#N)cc4nc3O2)[C@@H]1CC[C@]1(C(=O)NS(=O)(=O)C2(C)CC2)C[C@H]1C(F)F. The van der Waals surface area contributed by atoms with Crippen molar-refractivity contribution >= 4 is 38.8 Å². The van der Waals surface area contributed by atoms with E-state index in [-0.39, 0.29) is 67.3 Å². The summed E-state index contributed by atoms with van der Waals surface area (Å²) < 4.78 is 101. The molecule has 61 heavy (non-hydrogen) atoms. The molecule has 332 valence electrons. The average molecular weight is 874 g/mol. The maximum absolute atomic E-state index is 16.5. The van der Waals surface area contributed by atoms with Gasteiger partial charge in [0.1, 0.15) is 12.2 Å². The number of hydrogen-bond acceptors (Lipinski definition) is 10. The molecule has 2 bridgehead atoms. The summed E-state index contributed by atoms with van der Waals surface area (Å²) in [6.45, 7) is 8.56. The van der Waals surface area contributed by atoms with E-state index in [0.29, 0.717) is 43.9 Å². The van der Waals surface area contributed by atoms with Crippen molar-refractivity contribution in [3.05, 3.63) is 29.5 Å². The first-order chi connectivity index (χ1) is 28.6. The van der Waals surface area contributed by atoms with Gasteiger partial charge in [0, 0.05) is 24.3 Å². The molecule has 0 radical (unpaired) electrons. The quantitative estimate of drug-likeness (QED) is 0.218. The Bertz CT molecular complexity index is 2260. The summed E-state index contributed by atoms with van der Waals surface area (Å²) in [4.78, 5) is 52.9. The highest BCUT2D eigenvalue weighted by molar-refractivity contribution is 7.91. The van der Waals surface area contributed by atoms with Crippen LogP contribution in [0.15, 0.2) is 18.2 Å². The van der Waals surface area contributed by atoms with Gasteiger partial charge in [0.2, 0.25) is 34.1 Å². The molecule has 8 rings (SSSR count). The van der Waals surface area contributed by atoms with Crippen LogP contribution in [0.2, 0.25) is 0 Å². The summed E-state index contributed by atoms with van der Waals surface area (Å²) in [7, 11) is -4.15. The molecular formula is C44H55F4N5O7S. The van der Waals surface area contributed by atoms with Gasteiger partial charge in [0.25, 0.3) is 5.92 Å². The van der Waals surface area contributed by atoms with Crippen molar-refractivity contribution in [2.24, 2.45) is 46.3 Å². The van der Waals surface area contributed by atoms with Gasteiger partial charge in [-0.3, -0.25) is 19.1 Å². The molecule has 2 aliphatic heterocycles. The van der Waals surface area contributed by atoms with Crippen molar-refractivity contribution in [2.45, 2.75) is 147 Å². The molecule has 1 saturated heterocycles. The number of hydrogen-bond donors (Lipinski definition) is 1. The lowest BCUT2D eigenvalue weighted by atomic mass is 9.77. The van der Waals surface area contributed by atoms with E-state index in [4.69, 9.17) is 9.47 Å². The van der Waals surface area contributed by atoms with E-state index < -0.39 is 104 Å². The number of sulfonamides is 1. The first-order valence-corrected chi connectivity index (χ1v) is 23.2. The standard InChI is InChI=1S/C44H55F4N5O7S/c1-23-32(11-13-43(20-29(43)37(45)46)40(56)52-61(57,58)42(5)14-15-42)53-22-34(23)60-38-36(50-30-10-9-24(21-49)16-31(30)51-38)44(47,48)12-7-6-8-26-27-17-25(27)18-33(26)59-35(54)19-28(39(53)55)41(2,3)4/h9-10,16,23,25-29,32-34,37H,6-8,11-15,17-20,22H2,1-5H3,(H,52,56)/t23-,25-,26+,27-,28+,29-,32+,33+,34-,43-/m0/s1. The number of aromatic nitrogens is 2. The second-order valence-electron chi connectivity index (χ2n) is 20.2. The van der Waals surface area contributed by atoms with E-state index in [1.54, 1.807) is 6.92 Å². The zero-order valence-corrected chi connectivity index (χ0v) is 36.1. The number of nitriles is 1. The minimum Gasteiger partial charge on any atom is -0.471 e. The van der Waals surface area contributed by atoms with Crippen molar-refractivity contribution < 1.29 is 49.8 Å². The lowest BCUT2D eigenvalue weighted by Gasteiger charge is -2.36. The minimum absolute atomic E-state index is 0.0228. The van der Waals surface area contributed by atoms with Crippen LogP contribution in [0.1, 0.15) is 123 Å². The molecule has 17 heteroatoms. The Labute approximate surface area is 353 Å². The third-order valence-corrected chi connectivity index (χ3v) is 17.2. The normalized spacial score (nSPS) is 34.5. The number of alkyl halides is 4. The highest BCUT2D eigenvalue weighted by Gasteiger charge is 2.65. The molecule has 2 amide bonds. The number of carbonyl (C=O) groups is 3. The minimum atomic E-state index is -4.15. The largest absolute Gasteiger partial charge is 0.471 e. The molecule has 4 aliphatic carbocycles. The topological polar surface area (TPSA) is 169 Å². The number of halogens is 4. The smallest absolute Gasteiger partial charge is 0.306 e. The van der Waals surface area contributed by atoms with Crippen LogP contribution >= 0.6 is 0 Å². The van der Waals surface area contributed by atoms with Gasteiger partial charge in [-0.2, -0.15) is 14.0 Å². The zero-order chi connectivity index (χ0) is 44.0. The number of esters is 1. The van der Waals surface area contributed by atoms with Crippen molar-refractivity contribution in [1.82, 2.24) is 19.6 Å². The van der Waals surface area contributed by atoms with Gasteiger partial charge in [-0.25, -0.2) is 27.2 Å². The van der Waals surface area contributed by atoms with Crippen LogP contribution in [0.3, 0.4) is 0 Å². The van der Waals surface area contributed by atoms with Crippen molar-refractivity contribution in [1.29, 1.82) is 5.26 Å². The van der Waals surface area contributed by atoms with Crippen molar-refractivity contribution in [3.8, 4) is 11.9 Å². The summed E-state index contributed by atoms with van der Waals surface area (Å²) in [5.74, 6) is -8.13. The molecular weight excluding hydrogens is 819 g/mol. The highest BCUT2D eigenvalue weighted by Crippen LogP contribution is 2.60. The molecule has 1 aromatic heterocycles. The number of nitrogens with zero attached hydrogens (tertiary/aromatic N) is 4. The lowest BCUT2D eigenvalue weighted by Crippen LogP contribution is -2.47.